The first-order chi connectivity index (χ1) is 9.70. The van der Waals surface area contributed by atoms with E-state index in [4.69, 9.17) is 10.2 Å². The van der Waals surface area contributed by atoms with Crippen LogP contribution in [0.25, 0.3) is 0 Å². The SMILES string of the molecule is CCC(N)CC(=O)NC(c1ccccc1)c1ccco1. The molecule has 1 aromatic carbocycles. The Labute approximate surface area is 119 Å². The number of nitrogens with two attached hydrogens (primary N) is 1. The predicted octanol–water partition coefficient (Wildman–Crippen LogP) is 2.61. The number of carbonyl (C=O) groups is 1. The van der Waals surface area contributed by atoms with E-state index in [0.717, 1.165) is 17.7 Å². The van der Waals surface area contributed by atoms with Crippen LogP contribution in [0.3, 0.4) is 0 Å². The summed E-state index contributed by atoms with van der Waals surface area (Å²) in [6.45, 7) is 1.97. The molecule has 4 heteroatoms. The van der Waals surface area contributed by atoms with Gasteiger partial charge in [0, 0.05) is 12.5 Å². The lowest BCUT2D eigenvalue weighted by atomic mass is 10.0. The van der Waals surface area contributed by atoms with Crippen LogP contribution in [0.15, 0.2) is 53.1 Å². The number of hydrogen-bond acceptors (Lipinski definition) is 3. The average Bonchev–Trinajstić information content (AvgIpc) is 2.99. The fourth-order valence-corrected chi connectivity index (χ4v) is 2.02. The molecule has 0 spiro atoms. The monoisotopic (exact) mass is 272 g/mol. The lowest BCUT2D eigenvalue weighted by Gasteiger charge is -2.18. The third-order valence-corrected chi connectivity index (χ3v) is 3.24. The highest BCUT2D eigenvalue weighted by Gasteiger charge is 2.19. The Kier molecular flexibility index (Phi) is 4.96. The smallest absolute Gasteiger partial charge is 0.222 e. The summed E-state index contributed by atoms with van der Waals surface area (Å²) in [6, 6.07) is 13.0. The predicted molar refractivity (Wildman–Crippen MR) is 78.0 cm³/mol. The number of rotatable bonds is 6. The number of furan rings is 1. The zero-order valence-electron chi connectivity index (χ0n) is 11.6. The van der Waals surface area contributed by atoms with Crippen molar-refractivity contribution in [1.29, 1.82) is 0 Å². The van der Waals surface area contributed by atoms with Crippen LogP contribution in [-0.4, -0.2) is 11.9 Å². The molecule has 1 heterocycles. The zero-order chi connectivity index (χ0) is 14.4. The van der Waals surface area contributed by atoms with Gasteiger partial charge in [-0.3, -0.25) is 4.79 Å². The lowest BCUT2D eigenvalue weighted by Crippen LogP contribution is -2.34. The molecule has 1 aromatic heterocycles. The van der Waals surface area contributed by atoms with Crippen LogP contribution >= 0.6 is 0 Å². The Morgan fingerprint density at radius 1 is 1.25 bits per heavy atom. The van der Waals surface area contributed by atoms with Crippen molar-refractivity contribution >= 4 is 5.91 Å². The maximum Gasteiger partial charge on any atom is 0.222 e. The van der Waals surface area contributed by atoms with E-state index < -0.39 is 0 Å². The average molecular weight is 272 g/mol. The molecular weight excluding hydrogens is 252 g/mol. The van der Waals surface area contributed by atoms with Crippen LogP contribution in [0.2, 0.25) is 0 Å². The highest BCUT2D eigenvalue weighted by atomic mass is 16.3. The molecule has 3 N–H and O–H groups in total. The van der Waals surface area contributed by atoms with Gasteiger partial charge < -0.3 is 15.5 Å². The highest BCUT2D eigenvalue weighted by Crippen LogP contribution is 2.22. The van der Waals surface area contributed by atoms with Gasteiger partial charge in [0.2, 0.25) is 5.91 Å². The Bertz CT molecular complexity index is 523. The van der Waals surface area contributed by atoms with Crippen molar-refractivity contribution in [1.82, 2.24) is 5.32 Å². The van der Waals surface area contributed by atoms with E-state index in [1.165, 1.54) is 0 Å². The quantitative estimate of drug-likeness (QED) is 0.849. The molecule has 0 saturated carbocycles. The second-order valence-electron chi connectivity index (χ2n) is 4.80. The minimum atomic E-state index is -0.275. The molecule has 2 atom stereocenters. The van der Waals surface area contributed by atoms with Gasteiger partial charge in [-0.2, -0.15) is 0 Å². The van der Waals surface area contributed by atoms with Gasteiger partial charge in [-0.25, -0.2) is 0 Å². The second-order valence-corrected chi connectivity index (χ2v) is 4.80. The molecule has 2 unspecified atom stereocenters. The van der Waals surface area contributed by atoms with Crippen LogP contribution in [0, 0.1) is 0 Å². The summed E-state index contributed by atoms with van der Waals surface area (Å²) in [7, 11) is 0. The molecule has 0 saturated heterocycles. The van der Waals surface area contributed by atoms with Gasteiger partial charge in [0.05, 0.1) is 6.26 Å². The van der Waals surface area contributed by atoms with E-state index in [-0.39, 0.29) is 18.0 Å². The van der Waals surface area contributed by atoms with Crippen molar-refractivity contribution in [3.63, 3.8) is 0 Å². The lowest BCUT2D eigenvalue weighted by molar-refractivity contribution is -0.122. The largest absolute Gasteiger partial charge is 0.467 e. The minimum Gasteiger partial charge on any atom is -0.467 e. The summed E-state index contributed by atoms with van der Waals surface area (Å²) in [5.41, 5.74) is 6.81. The molecule has 0 aliphatic carbocycles. The Morgan fingerprint density at radius 2 is 2.00 bits per heavy atom. The molecule has 106 valence electrons. The maximum atomic E-state index is 12.1. The Balaban J connectivity index is 2.14. The fraction of sp³-hybridized carbons (Fsp3) is 0.312. The van der Waals surface area contributed by atoms with Crippen molar-refractivity contribution in [2.75, 3.05) is 0 Å². The van der Waals surface area contributed by atoms with Gasteiger partial charge in [0.15, 0.2) is 0 Å². The molecule has 0 fully saturated rings. The van der Waals surface area contributed by atoms with Crippen molar-refractivity contribution in [3.8, 4) is 0 Å². The normalized spacial score (nSPS) is 13.7. The van der Waals surface area contributed by atoms with Gasteiger partial charge >= 0.3 is 0 Å². The maximum absolute atomic E-state index is 12.1. The third kappa shape index (κ3) is 3.71. The van der Waals surface area contributed by atoms with Crippen LogP contribution in [-0.2, 0) is 4.79 Å². The molecule has 4 nitrogen and oxygen atoms in total. The molecule has 2 rings (SSSR count). The third-order valence-electron chi connectivity index (χ3n) is 3.24. The number of nitrogens with one attached hydrogen (secondary N) is 1. The molecule has 1 amide bonds. The van der Waals surface area contributed by atoms with Gasteiger partial charge in [0.1, 0.15) is 11.8 Å². The van der Waals surface area contributed by atoms with Crippen LogP contribution < -0.4 is 11.1 Å². The standard InChI is InChI=1S/C16H20N2O2/c1-2-13(17)11-15(19)18-16(14-9-6-10-20-14)12-7-4-3-5-8-12/h3-10,13,16H,2,11,17H2,1H3,(H,18,19). The topological polar surface area (TPSA) is 68.3 Å². The number of carbonyl (C=O) groups excluding carboxylic acids is 1. The first-order valence-corrected chi connectivity index (χ1v) is 6.84. The highest BCUT2D eigenvalue weighted by molar-refractivity contribution is 5.77. The number of benzene rings is 1. The summed E-state index contributed by atoms with van der Waals surface area (Å²) in [6.07, 6.45) is 2.71. The van der Waals surface area contributed by atoms with Crippen molar-refractivity contribution in [2.45, 2.75) is 31.8 Å². The van der Waals surface area contributed by atoms with E-state index >= 15 is 0 Å². The van der Waals surface area contributed by atoms with Crippen molar-refractivity contribution in [3.05, 3.63) is 60.1 Å². The number of amides is 1. The molecule has 0 bridgehead atoms. The summed E-state index contributed by atoms with van der Waals surface area (Å²) < 4.78 is 5.44. The molecule has 2 aromatic rings. The molecule has 0 radical (unpaired) electrons. The van der Waals surface area contributed by atoms with Crippen LogP contribution in [0.4, 0.5) is 0 Å². The molecule has 20 heavy (non-hydrogen) atoms. The summed E-state index contributed by atoms with van der Waals surface area (Å²) in [5, 5.41) is 2.99. The summed E-state index contributed by atoms with van der Waals surface area (Å²) in [4.78, 5) is 12.1. The molecular formula is C16H20N2O2. The Morgan fingerprint density at radius 3 is 2.60 bits per heavy atom. The van der Waals surface area contributed by atoms with E-state index in [1.54, 1.807) is 6.26 Å². The van der Waals surface area contributed by atoms with Crippen LogP contribution in [0.5, 0.6) is 0 Å². The van der Waals surface area contributed by atoms with Crippen molar-refractivity contribution < 1.29 is 9.21 Å². The zero-order valence-corrected chi connectivity index (χ0v) is 11.6. The minimum absolute atomic E-state index is 0.0652. The number of hydrogen-bond donors (Lipinski definition) is 2. The summed E-state index contributed by atoms with van der Waals surface area (Å²) in [5.74, 6) is 0.652. The summed E-state index contributed by atoms with van der Waals surface area (Å²) >= 11 is 0. The fourth-order valence-electron chi connectivity index (χ4n) is 2.02. The second kappa shape index (κ2) is 6.91. The molecule has 0 aliphatic rings. The van der Waals surface area contributed by atoms with E-state index in [2.05, 4.69) is 5.32 Å². The molecule has 0 aliphatic heterocycles. The van der Waals surface area contributed by atoms with Gasteiger partial charge in [-0.15, -0.1) is 0 Å². The van der Waals surface area contributed by atoms with Crippen LogP contribution in [0.1, 0.15) is 37.1 Å². The van der Waals surface area contributed by atoms with E-state index in [1.807, 2.05) is 49.4 Å². The van der Waals surface area contributed by atoms with Gasteiger partial charge in [-0.1, -0.05) is 37.3 Å². The van der Waals surface area contributed by atoms with Gasteiger partial charge in [0.25, 0.3) is 0 Å². The Hall–Kier alpha value is -2.07. The first-order valence-electron chi connectivity index (χ1n) is 6.84. The van der Waals surface area contributed by atoms with Crippen molar-refractivity contribution in [2.24, 2.45) is 5.73 Å². The van der Waals surface area contributed by atoms with Gasteiger partial charge in [-0.05, 0) is 24.1 Å². The first kappa shape index (κ1) is 14.3. The van der Waals surface area contributed by atoms with E-state index in [9.17, 15) is 4.79 Å². The van der Waals surface area contributed by atoms with E-state index in [0.29, 0.717) is 6.42 Å².